The Kier molecular flexibility index (Phi) is 8.06. The van der Waals surface area contributed by atoms with E-state index < -0.39 is 11.9 Å². The van der Waals surface area contributed by atoms with Crippen molar-refractivity contribution in [1.29, 1.82) is 0 Å². The second-order valence-electron chi connectivity index (χ2n) is 6.64. The van der Waals surface area contributed by atoms with E-state index in [0.29, 0.717) is 26.1 Å². The van der Waals surface area contributed by atoms with Crippen LogP contribution in [0.5, 0.6) is 11.5 Å². The van der Waals surface area contributed by atoms with Crippen molar-refractivity contribution in [3.8, 4) is 11.5 Å². The summed E-state index contributed by atoms with van der Waals surface area (Å²) in [7, 11) is 1.64. The van der Waals surface area contributed by atoms with Gasteiger partial charge in [-0.2, -0.15) is 0 Å². The van der Waals surface area contributed by atoms with E-state index in [0.717, 1.165) is 29.9 Å². The molecule has 1 atom stereocenters. The zero-order chi connectivity index (χ0) is 18.1. The summed E-state index contributed by atoms with van der Waals surface area (Å²) in [6.45, 7) is 2.91. The number of ether oxygens (including phenoxy) is 3. The molecular formula is C20H30O5. The third-order valence-corrected chi connectivity index (χ3v) is 4.75. The average molecular weight is 350 g/mol. The van der Waals surface area contributed by atoms with Gasteiger partial charge in [0.2, 0.25) is 0 Å². The summed E-state index contributed by atoms with van der Waals surface area (Å²) >= 11 is 0. The van der Waals surface area contributed by atoms with Crippen LogP contribution < -0.4 is 9.47 Å². The largest absolute Gasteiger partial charge is 0.491 e. The minimum atomic E-state index is -0.758. The topological polar surface area (TPSA) is 65.0 Å². The summed E-state index contributed by atoms with van der Waals surface area (Å²) in [5.74, 6) is 0.344. The van der Waals surface area contributed by atoms with Crippen molar-refractivity contribution < 1.29 is 24.1 Å². The first kappa shape index (κ1) is 19.6. The minimum Gasteiger partial charge on any atom is -0.491 e. The Labute approximate surface area is 150 Å². The van der Waals surface area contributed by atoms with Crippen LogP contribution in [0.15, 0.2) is 18.2 Å². The summed E-state index contributed by atoms with van der Waals surface area (Å²) in [5, 5.41) is 9.37. The van der Waals surface area contributed by atoms with Gasteiger partial charge in [0.25, 0.3) is 0 Å². The van der Waals surface area contributed by atoms with Gasteiger partial charge >= 0.3 is 5.97 Å². The third kappa shape index (κ3) is 6.24. The van der Waals surface area contributed by atoms with Gasteiger partial charge in [-0.1, -0.05) is 19.4 Å². The number of carbonyl (C=O) groups is 1. The van der Waals surface area contributed by atoms with Gasteiger partial charge in [-0.25, -0.2) is 0 Å². The molecule has 0 aromatic heterocycles. The smallest absolute Gasteiger partial charge is 0.306 e. The predicted molar refractivity (Wildman–Crippen MR) is 96.4 cm³/mol. The molecule has 0 aliphatic heterocycles. The predicted octanol–water partition coefficient (Wildman–Crippen LogP) is 4.08. The van der Waals surface area contributed by atoms with Crippen LogP contribution in [-0.2, 0) is 16.0 Å². The molecule has 0 heterocycles. The number of hydrogen-bond donors (Lipinski definition) is 1. The second kappa shape index (κ2) is 10.3. The van der Waals surface area contributed by atoms with Crippen LogP contribution in [0, 0.1) is 5.92 Å². The van der Waals surface area contributed by atoms with Crippen molar-refractivity contribution in [3.05, 3.63) is 23.8 Å². The van der Waals surface area contributed by atoms with E-state index >= 15 is 0 Å². The summed E-state index contributed by atoms with van der Waals surface area (Å²) in [6.07, 6.45) is 7.06. The standard InChI is InChI=1S/C20H30O5/c1-3-15(20(21)22)13-16-9-10-18(24-12-11-23-2)14-19(16)25-17-7-5-4-6-8-17/h9-10,14-15,17H,3-8,11-13H2,1-2H3,(H,21,22). The Hall–Kier alpha value is -1.75. The molecule has 25 heavy (non-hydrogen) atoms. The third-order valence-electron chi connectivity index (χ3n) is 4.75. The fourth-order valence-corrected chi connectivity index (χ4v) is 3.18. The van der Waals surface area contributed by atoms with Gasteiger partial charge in [-0.05, 0) is 50.2 Å². The Morgan fingerprint density at radius 3 is 2.64 bits per heavy atom. The molecule has 0 radical (unpaired) electrons. The SMILES string of the molecule is CCC(Cc1ccc(OCCOC)cc1OC1CCCCC1)C(=O)O. The van der Waals surface area contributed by atoms with Crippen molar-refractivity contribution in [2.24, 2.45) is 5.92 Å². The highest BCUT2D eigenvalue weighted by Crippen LogP contribution is 2.31. The van der Waals surface area contributed by atoms with Gasteiger partial charge in [0.1, 0.15) is 18.1 Å². The molecule has 1 aliphatic carbocycles. The lowest BCUT2D eigenvalue weighted by Gasteiger charge is -2.25. The Bertz CT molecular complexity index is 537. The molecule has 1 N–H and O–H groups in total. The first-order valence-electron chi connectivity index (χ1n) is 9.28. The van der Waals surface area contributed by atoms with E-state index in [1.807, 2.05) is 25.1 Å². The number of hydrogen-bond acceptors (Lipinski definition) is 4. The summed E-state index contributed by atoms with van der Waals surface area (Å²) in [6, 6.07) is 5.72. The molecule has 1 fully saturated rings. The zero-order valence-electron chi connectivity index (χ0n) is 15.3. The molecule has 1 aromatic carbocycles. The number of benzene rings is 1. The maximum Gasteiger partial charge on any atom is 0.306 e. The molecule has 1 aromatic rings. The van der Waals surface area contributed by atoms with Crippen molar-refractivity contribution in [3.63, 3.8) is 0 Å². The van der Waals surface area contributed by atoms with Gasteiger partial charge in [0.05, 0.1) is 18.6 Å². The van der Waals surface area contributed by atoms with Crippen LogP contribution in [0.2, 0.25) is 0 Å². The van der Waals surface area contributed by atoms with Gasteiger partial charge < -0.3 is 19.3 Å². The van der Waals surface area contributed by atoms with Gasteiger partial charge in [0, 0.05) is 13.2 Å². The van der Waals surface area contributed by atoms with Crippen molar-refractivity contribution >= 4 is 5.97 Å². The van der Waals surface area contributed by atoms with Crippen LogP contribution in [0.4, 0.5) is 0 Å². The first-order valence-corrected chi connectivity index (χ1v) is 9.28. The second-order valence-corrected chi connectivity index (χ2v) is 6.64. The molecular weight excluding hydrogens is 320 g/mol. The van der Waals surface area contributed by atoms with E-state index in [4.69, 9.17) is 14.2 Å². The molecule has 5 nitrogen and oxygen atoms in total. The van der Waals surface area contributed by atoms with E-state index in [1.54, 1.807) is 7.11 Å². The Balaban J connectivity index is 2.15. The molecule has 1 unspecified atom stereocenters. The molecule has 0 amide bonds. The maximum absolute atomic E-state index is 11.4. The Morgan fingerprint density at radius 2 is 2.00 bits per heavy atom. The summed E-state index contributed by atoms with van der Waals surface area (Å²) in [4.78, 5) is 11.4. The lowest BCUT2D eigenvalue weighted by molar-refractivity contribution is -0.141. The van der Waals surface area contributed by atoms with Crippen LogP contribution >= 0.6 is 0 Å². The van der Waals surface area contributed by atoms with E-state index in [1.165, 1.54) is 19.3 Å². The fourth-order valence-electron chi connectivity index (χ4n) is 3.18. The zero-order valence-corrected chi connectivity index (χ0v) is 15.3. The number of rotatable bonds is 10. The first-order chi connectivity index (χ1) is 12.1. The molecule has 1 saturated carbocycles. The van der Waals surface area contributed by atoms with Crippen LogP contribution in [0.3, 0.4) is 0 Å². The lowest BCUT2D eigenvalue weighted by atomic mass is 9.95. The van der Waals surface area contributed by atoms with Crippen LogP contribution in [0.25, 0.3) is 0 Å². The normalized spacial score (nSPS) is 16.4. The van der Waals surface area contributed by atoms with Gasteiger partial charge in [-0.15, -0.1) is 0 Å². The lowest BCUT2D eigenvalue weighted by Crippen LogP contribution is -2.21. The van der Waals surface area contributed by atoms with E-state index in [-0.39, 0.29) is 6.10 Å². The van der Waals surface area contributed by atoms with E-state index in [9.17, 15) is 9.90 Å². The Morgan fingerprint density at radius 1 is 1.24 bits per heavy atom. The molecule has 0 spiro atoms. The minimum absolute atomic E-state index is 0.214. The number of carboxylic acids is 1. The molecule has 2 rings (SSSR count). The highest BCUT2D eigenvalue weighted by atomic mass is 16.5. The molecule has 140 valence electrons. The molecule has 1 aliphatic rings. The summed E-state index contributed by atoms with van der Waals surface area (Å²) in [5.41, 5.74) is 0.943. The highest BCUT2D eigenvalue weighted by Gasteiger charge is 2.21. The average Bonchev–Trinajstić information content (AvgIpc) is 2.62. The molecule has 0 saturated heterocycles. The van der Waals surface area contributed by atoms with Crippen molar-refractivity contribution in [2.75, 3.05) is 20.3 Å². The maximum atomic E-state index is 11.4. The molecule has 5 heteroatoms. The fraction of sp³-hybridized carbons (Fsp3) is 0.650. The van der Waals surface area contributed by atoms with Gasteiger partial charge in [0.15, 0.2) is 0 Å². The van der Waals surface area contributed by atoms with Crippen molar-refractivity contribution in [1.82, 2.24) is 0 Å². The van der Waals surface area contributed by atoms with Crippen molar-refractivity contribution in [2.45, 2.75) is 58.0 Å². The monoisotopic (exact) mass is 350 g/mol. The number of aliphatic carboxylic acids is 1. The quantitative estimate of drug-likeness (QED) is 0.644. The van der Waals surface area contributed by atoms with Crippen LogP contribution in [0.1, 0.15) is 51.0 Å². The molecule has 0 bridgehead atoms. The number of methoxy groups -OCH3 is 1. The van der Waals surface area contributed by atoms with Gasteiger partial charge in [-0.3, -0.25) is 4.79 Å². The highest BCUT2D eigenvalue weighted by molar-refractivity contribution is 5.70. The van der Waals surface area contributed by atoms with E-state index in [2.05, 4.69) is 0 Å². The number of carboxylic acid groups (broad SMARTS) is 1. The summed E-state index contributed by atoms with van der Waals surface area (Å²) < 4.78 is 17.0. The van der Waals surface area contributed by atoms with Crippen LogP contribution in [-0.4, -0.2) is 37.5 Å².